The Hall–Kier alpha value is -1.03. The fraction of sp³-hybridized carbons (Fsp3) is 0.588. The first kappa shape index (κ1) is 13.6. The third-order valence-corrected chi connectivity index (χ3v) is 6.43. The standard InChI is InChI=1S/C17H20BrNO2/c1-2-5-19-14-4-3-10(9-15(14)21-17(19)20)16(18)13-7-11-6-12(11)8-13/h3-4,9,11-13,16H,2,5-8H2,1H3. The SMILES string of the molecule is CCCn1c(=O)oc2cc(C(Br)C3CC4CC4C3)ccc21. The Balaban J connectivity index is 1.65. The van der Waals surface area contributed by atoms with Crippen LogP contribution >= 0.6 is 15.9 Å². The highest BCUT2D eigenvalue weighted by molar-refractivity contribution is 9.09. The zero-order valence-electron chi connectivity index (χ0n) is 12.2. The lowest BCUT2D eigenvalue weighted by Gasteiger charge is -2.19. The predicted octanol–water partition coefficient (Wildman–Crippen LogP) is 4.49. The maximum absolute atomic E-state index is 11.9. The zero-order valence-corrected chi connectivity index (χ0v) is 13.8. The number of aryl methyl sites for hydroxylation is 1. The molecule has 3 unspecified atom stereocenters. The summed E-state index contributed by atoms with van der Waals surface area (Å²) >= 11 is 3.88. The van der Waals surface area contributed by atoms with E-state index in [1.807, 2.05) is 12.1 Å². The topological polar surface area (TPSA) is 35.1 Å². The number of nitrogens with zero attached hydrogens (tertiary/aromatic N) is 1. The minimum atomic E-state index is -0.239. The molecule has 0 saturated heterocycles. The van der Waals surface area contributed by atoms with E-state index in [0.717, 1.165) is 41.8 Å². The number of alkyl halides is 1. The second kappa shape index (κ2) is 5.01. The molecule has 1 heterocycles. The van der Waals surface area contributed by atoms with Gasteiger partial charge in [0.2, 0.25) is 0 Å². The van der Waals surface area contributed by atoms with E-state index < -0.39 is 0 Å². The molecule has 2 aliphatic rings. The van der Waals surface area contributed by atoms with Crippen LogP contribution in [0.4, 0.5) is 0 Å². The monoisotopic (exact) mass is 349 g/mol. The lowest BCUT2D eigenvalue weighted by atomic mass is 9.94. The van der Waals surface area contributed by atoms with E-state index in [9.17, 15) is 4.79 Å². The van der Waals surface area contributed by atoms with Gasteiger partial charge in [-0.25, -0.2) is 4.79 Å². The molecular formula is C17H20BrNO2. The van der Waals surface area contributed by atoms with Crippen molar-refractivity contribution >= 4 is 27.0 Å². The fourth-order valence-electron chi connectivity index (χ4n) is 3.96. The molecule has 2 fully saturated rings. The third-order valence-electron chi connectivity index (χ3n) is 5.15. The Morgan fingerprint density at radius 3 is 2.81 bits per heavy atom. The number of hydrogen-bond acceptors (Lipinski definition) is 2. The maximum atomic E-state index is 11.9. The summed E-state index contributed by atoms with van der Waals surface area (Å²) in [5.41, 5.74) is 2.88. The van der Waals surface area contributed by atoms with E-state index in [1.165, 1.54) is 24.8 Å². The van der Waals surface area contributed by atoms with Crippen molar-refractivity contribution in [2.45, 2.75) is 44.0 Å². The number of hydrogen-bond donors (Lipinski definition) is 0. The average molecular weight is 350 g/mol. The maximum Gasteiger partial charge on any atom is 0.419 e. The molecule has 3 atom stereocenters. The van der Waals surface area contributed by atoms with Gasteiger partial charge >= 0.3 is 5.76 Å². The van der Waals surface area contributed by atoms with E-state index >= 15 is 0 Å². The second-order valence-corrected chi connectivity index (χ2v) is 7.62. The van der Waals surface area contributed by atoms with Crippen LogP contribution in [0.3, 0.4) is 0 Å². The van der Waals surface area contributed by atoms with Crippen LogP contribution in [0.1, 0.15) is 43.0 Å². The van der Waals surface area contributed by atoms with E-state index in [1.54, 1.807) is 4.57 Å². The number of rotatable bonds is 4. The molecule has 2 aliphatic carbocycles. The van der Waals surface area contributed by atoms with Crippen molar-refractivity contribution in [2.24, 2.45) is 17.8 Å². The molecule has 3 nitrogen and oxygen atoms in total. The number of aromatic nitrogens is 1. The molecule has 0 N–H and O–H groups in total. The molecule has 1 aromatic carbocycles. The van der Waals surface area contributed by atoms with Crippen molar-refractivity contribution < 1.29 is 4.42 Å². The van der Waals surface area contributed by atoms with Crippen LogP contribution in [0.5, 0.6) is 0 Å². The normalized spacial score (nSPS) is 28.8. The summed E-state index contributed by atoms with van der Waals surface area (Å²) in [5, 5.41) is 0. The number of benzene rings is 1. The lowest BCUT2D eigenvalue weighted by Crippen LogP contribution is -2.13. The summed E-state index contributed by atoms with van der Waals surface area (Å²) < 4.78 is 7.15. The van der Waals surface area contributed by atoms with Crippen molar-refractivity contribution in [2.75, 3.05) is 0 Å². The summed E-state index contributed by atoms with van der Waals surface area (Å²) in [6.07, 6.45) is 5.07. The summed E-state index contributed by atoms with van der Waals surface area (Å²) in [7, 11) is 0. The minimum Gasteiger partial charge on any atom is -0.408 e. The molecule has 0 aliphatic heterocycles. The van der Waals surface area contributed by atoms with Gasteiger partial charge in [0.05, 0.1) is 5.52 Å². The molecule has 112 valence electrons. The van der Waals surface area contributed by atoms with Crippen molar-refractivity contribution in [3.05, 3.63) is 34.3 Å². The van der Waals surface area contributed by atoms with Gasteiger partial charge in [-0.3, -0.25) is 4.57 Å². The number of halogens is 1. The van der Waals surface area contributed by atoms with Gasteiger partial charge in [-0.2, -0.15) is 0 Å². The Morgan fingerprint density at radius 2 is 2.10 bits per heavy atom. The second-order valence-electron chi connectivity index (χ2n) is 6.64. The summed E-state index contributed by atoms with van der Waals surface area (Å²) in [4.78, 5) is 12.3. The van der Waals surface area contributed by atoms with Gasteiger partial charge in [0.15, 0.2) is 5.58 Å². The van der Waals surface area contributed by atoms with Gasteiger partial charge in [-0.1, -0.05) is 28.9 Å². The molecule has 1 aromatic heterocycles. The zero-order chi connectivity index (χ0) is 14.6. The van der Waals surface area contributed by atoms with Gasteiger partial charge in [-0.05, 0) is 61.1 Å². The van der Waals surface area contributed by atoms with Gasteiger partial charge in [0.1, 0.15) is 0 Å². The Kier molecular flexibility index (Phi) is 3.25. The first-order valence-corrected chi connectivity index (χ1v) is 8.86. The van der Waals surface area contributed by atoms with Gasteiger partial charge in [0.25, 0.3) is 0 Å². The molecule has 0 amide bonds. The van der Waals surface area contributed by atoms with Gasteiger partial charge in [0, 0.05) is 11.4 Å². The highest BCUT2D eigenvalue weighted by atomic mass is 79.9. The quantitative estimate of drug-likeness (QED) is 0.762. The highest BCUT2D eigenvalue weighted by Gasteiger charge is 2.47. The van der Waals surface area contributed by atoms with E-state index in [2.05, 4.69) is 28.9 Å². The molecular weight excluding hydrogens is 330 g/mol. The Morgan fingerprint density at radius 1 is 1.33 bits per heavy atom. The van der Waals surface area contributed by atoms with Crippen LogP contribution in [-0.2, 0) is 6.54 Å². The first-order chi connectivity index (χ1) is 10.2. The predicted molar refractivity (Wildman–Crippen MR) is 86.8 cm³/mol. The number of oxazole rings is 1. The van der Waals surface area contributed by atoms with Gasteiger partial charge < -0.3 is 4.42 Å². The summed E-state index contributed by atoms with van der Waals surface area (Å²) in [5.74, 6) is 2.47. The van der Waals surface area contributed by atoms with Crippen molar-refractivity contribution in [3.63, 3.8) is 0 Å². The Labute approximate surface area is 132 Å². The smallest absolute Gasteiger partial charge is 0.408 e. The Bertz CT molecular complexity index is 722. The lowest BCUT2D eigenvalue weighted by molar-refractivity contribution is 0.481. The molecule has 4 rings (SSSR count). The average Bonchev–Trinajstić information content (AvgIpc) is 2.96. The summed E-state index contributed by atoms with van der Waals surface area (Å²) in [6.45, 7) is 2.79. The van der Waals surface area contributed by atoms with Crippen LogP contribution in [0.15, 0.2) is 27.4 Å². The molecule has 0 radical (unpaired) electrons. The third kappa shape index (κ3) is 2.28. The van der Waals surface area contributed by atoms with Crippen LogP contribution in [0.2, 0.25) is 0 Å². The summed E-state index contributed by atoms with van der Waals surface area (Å²) in [6, 6.07) is 6.23. The molecule has 0 spiro atoms. The molecule has 21 heavy (non-hydrogen) atoms. The minimum absolute atomic E-state index is 0.239. The van der Waals surface area contributed by atoms with E-state index in [0.29, 0.717) is 4.83 Å². The van der Waals surface area contributed by atoms with Crippen molar-refractivity contribution in [1.29, 1.82) is 0 Å². The van der Waals surface area contributed by atoms with Crippen LogP contribution in [0.25, 0.3) is 11.1 Å². The van der Waals surface area contributed by atoms with E-state index in [-0.39, 0.29) is 5.76 Å². The van der Waals surface area contributed by atoms with Crippen LogP contribution in [-0.4, -0.2) is 4.57 Å². The van der Waals surface area contributed by atoms with E-state index in [4.69, 9.17) is 4.42 Å². The molecule has 2 aromatic rings. The highest BCUT2D eigenvalue weighted by Crippen LogP contribution is 2.58. The van der Waals surface area contributed by atoms with Crippen molar-refractivity contribution in [1.82, 2.24) is 4.57 Å². The molecule has 2 saturated carbocycles. The van der Waals surface area contributed by atoms with Gasteiger partial charge in [-0.15, -0.1) is 0 Å². The van der Waals surface area contributed by atoms with Crippen LogP contribution < -0.4 is 5.76 Å². The number of fused-ring (bicyclic) bond motifs is 2. The first-order valence-electron chi connectivity index (χ1n) is 7.94. The van der Waals surface area contributed by atoms with Crippen molar-refractivity contribution in [3.8, 4) is 0 Å². The van der Waals surface area contributed by atoms with Crippen LogP contribution in [0, 0.1) is 17.8 Å². The molecule has 4 heteroatoms. The largest absolute Gasteiger partial charge is 0.419 e. The molecule has 0 bridgehead atoms. The fourth-order valence-corrected chi connectivity index (χ4v) is 4.68.